The van der Waals surface area contributed by atoms with Crippen molar-refractivity contribution >= 4 is 21.6 Å². The number of hydrogen-bond donors (Lipinski definition) is 1. The second-order valence-corrected chi connectivity index (χ2v) is 7.57. The number of fused-ring (bicyclic) bond motifs is 3. The molecule has 2 heterocycles. The minimum atomic E-state index is 0.330. The van der Waals surface area contributed by atoms with Crippen LogP contribution in [0.1, 0.15) is 61.3 Å². The van der Waals surface area contributed by atoms with Crippen LogP contribution < -0.4 is 10.5 Å². The number of hydrogen-bond acceptors (Lipinski definition) is 5. The van der Waals surface area contributed by atoms with Crippen molar-refractivity contribution in [1.82, 2.24) is 9.97 Å². The lowest BCUT2D eigenvalue weighted by Gasteiger charge is -2.23. The van der Waals surface area contributed by atoms with E-state index in [-0.39, 0.29) is 0 Å². The van der Waals surface area contributed by atoms with Gasteiger partial charge in [0, 0.05) is 4.88 Å². The third-order valence-corrected chi connectivity index (χ3v) is 6.21. The predicted octanol–water partition coefficient (Wildman–Crippen LogP) is 3.78. The SMILES string of the molecule is NCCC1CCc2sc3ncnc(OC4CCCCC4)c3c21. The molecule has 1 fully saturated rings. The van der Waals surface area contributed by atoms with Gasteiger partial charge in [-0.25, -0.2) is 9.97 Å². The first kappa shape index (κ1) is 14.4. The van der Waals surface area contributed by atoms with Gasteiger partial charge >= 0.3 is 0 Å². The van der Waals surface area contributed by atoms with Crippen molar-refractivity contribution < 1.29 is 4.74 Å². The van der Waals surface area contributed by atoms with Gasteiger partial charge in [-0.2, -0.15) is 0 Å². The second-order valence-electron chi connectivity index (χ2n) is 6.49. The van der Waals surface area contributed by atoms with Crippen LogP contribution in [-0.2, 0) is 6.42 Å². The molecule has 22 heavy (non-hydrogen) atoms. The van der Waals surface area contributed by atoms with Gasteiger partial charge in [0.05, 0.1) is 5.39 Å². The predicted molar refractivity (Wildman–Crippen MR) is 89.6 cm³/mol. The lowest BCUT2D eigenvalue weighted by atomic mass is 9.97. The van der Waals surface area contributed by atoms with Gasteiger partial charge in [0.15, 0.2) is 0 Å². The summed E-state index contributed by atoms with van der Waals surface area (Å²) in [6, 6.07) is 0. The molecular weight excluding hydrogens is 294 g/mol. The van der Waals surface area contributed by atoms with E-state index in [9.17, 15) is 0 Å². The quantitative estimate of drug-likeness (QED) is 0.932. The maximum Gasteiger partial charge on any atom is 0.225 e. The molecule has 2 aliphatic rings. The maximum atomic E-state index is 6.30. The number of rotatable bonds is 4. The third kappa shape index (κ3) is 2.50. The Labute approximate surface area is 135 Å². The number of thiophene rings is 1. The molecule has 0 aliphatic heterocycles. The third-order valence-electron chi connectivity index (χ3n) is 5.04. The van der Waals surface area contributed by atoms with Gasteiger partial charge in [-0.1, -0.05) is 6.42 Å². The Balaban J connectivity index is 1.72. The maximum absolute atomic E-state index is 6.30. The summed E-state index contributed by atoms with van der Waals surface area (Å²) < 4.78 is 6.30. The summed E-state index contributed by atoms with van der Waals surface area (Å²) in [4.78, 5) is 11.5. The molecule has 2 aromatic rings. The van der Waals surface area contributed by atoms with Gasteiger partial charge < -0.3 is 10.5 Å². The second kappa shape index (κ2) is 6.13. The molecule has 2 aromatic heterocycles. The van der Waals surface area contributed by atoms with E-state index in [4.69, 9.17) is 10.5 Å². The van der Waals surface area contributed by atoms with Crippen molar-refractivity contribution in [3.63, 3.8) is 0 Å². The zero-order chi connectivity index (χ0) is 14.9. The normalized spacial score (nSPS) is 22.1. The Bertz CT molecular complexity index is 663. The summed E-state index contributed by atoms with van der Waals surface area (Å²) in [7, 11) is 0. The van der Waals surface area contributed by atoms with E-state index in [0.29, 0.717) is 12.0 Å². The molecule has 2 aliphatic carbocycles. The molecule has 4 nitrogen and oxygen atoms in total. The van der Waals surface area contributed by atoms with E-state index in [0.717, 1.165) is 42.9 Å². The molecule has 0 bridgehead atoms. The van der Waals surface area contributed by atoms with Gasteiger partial charge in [-0.3, -0.25) is 0 Å². The lowest BCUT2D eigenvalue weighted by Crippen LogP contribution is -2.20. The molecule has 118 valence electrons. The monoisotopic (exact) mass is 317 g/mol. The van der Waals surface area contributed by atoms with Crippen molar-refractivity contribution in [2.45, 2.75) is 63.4 Å². The Kier molecular flexibility index (Phi) is 4.01. The van der Waals surface area contributed by atoms with Gasteiger partial charge in [0.1, 0.15) is 17.3 Å². The molecule has 1 saturated carbocycles. The van der Waals surface area contributed by atoms with Crippen LogP contribution >= 0.6 is 11.3 Å². The van der Waals surface area contributed by atoms with Crippen molar-refractivity contribution in [2.75, 3.05) is 6.54 Å². The molecule has 0 radical (unpaired) electrons. The Morgan fingerprint density at radius 1 is 1.18 bits per heavy atom. The Hall–Kier alpha value is -1.20. The van der Waals surface area contributed by atoms with E-state index in [2.05, 4.69) is 9.97 Å². The minimum absolute atomic E-state index is 0.330. The van der Waals surface area contributed by atoms with E-state index in [1.807, 2.05) is 11.3 Å². The van der Waals surface area contributed by atoms with Crippen LogP contribution in [0.4, 0.5) is 0 Å². The summed E-state index contributed by atoms with van der Waals surface area (Å²) in [6.45, 7) is 0.744. The van der Waals surface area contributed by atoms with Crippen molar-refractivity contribution in [3.05, 3.63) is 16.8 Å². The van der Waals surface area contributed by atoms with Crippen LogP contribution in [0.3, 0.4) is 0 Å². The average molecular weight is 317 g/mol. The fraction of sp³-hybridized carbons (Fsp3) is 0.647. The van der Waals surface area contributed by atoms with E-state index < -0.39 is 0 Å². The first-order chi connectivity index (χ1) is 10.9. The standard InChI is InChI=1S/C17H23N3OS/c18-9-8-11-6-7-13-14(11)15-16(19-10-20-17(15)22-13)21-12-4-2-1-3-5-12/h10-12H,1-9,18H2. The average Bonchev–Trinajstić information content (AvgIpc) is 3.09. The number of nitrogens with two attached hydrogens (primary N) is 1. The highest BCUT2D eigenvalue weighted by molar-refractivity contribution is 7.19. The summed E-state index contributed by atoms with van der Waals surface area (Å²) in [6.07, 6.45) is 11.6. The van der Waals surface area contributed by atoms with Gasteiger partial charge in [0.25, 0.3) is 0 Å². The number of aryl methyl sites for hydroxylation is 1. The zero-order valence-electron chi connectivity index (χ0n) is 12.9. The fourth-order valence-electron chi connectivity index (χ4n) is 3.96. The van der Waals surface area contributed by atoms with Gasteiger partial charge in [-0.05, 0) is 63.0 Å². The largest absolute Gasteiger partial charge is 0.474 e. The molecule has 5 heteroatoms. The molecule has 2 N–H and O–H groups in total. The lowest BCUT2D eigenvalue weighted by molar-refractivity contribution is 0.150. The first-order valence-corrected chi connectivity index (χ1v) is 9.31. The molecule has 0 aromatic carbocycles. The molecule has 0 saturated heterocycles. The van der Waals surface area contributed by atoms with E-state index in [1.54, 1.807) is 6.33 Å². The number of ether oxygens (including phenoxy) is 1. The highest BCUT2D eigenvalue weighted by atomic mass is 32.1. The summed E-state index contributed by atoms with van der Waals surface area (Å²) >= 11 is 1.82. The molecular formula is C17H23N3OS. The molecule has 1 unspecified atom stereocenters. The highest BCUT2D eigenvalue weighted by Gasteiger charge is 2.30. The van der Waals surface area contributed by atoms with Crippen LogP contribution in [0, 0.1) is 0 Å². The number of aromatic nitrogens is 2. The van der Waals surface area contributed by atoms with Crippen LogP contribution in [0.25, 0.3) is 10.2 Å². The van der Waals surface area contributed by atoms with Gasteiger partial charge in [0.2, 0.25) is 5.88 Å². The van der Waals surface area contributed by atoms with E-state index in [1.165, 1.54) is 41.5 Å². The number of nitrogens with zero attached hydrogens (tertiary/aromatic N) is 2. The van der Waals surface area contributed by atoms with E-state index >= 15 is 0 Å². The van der Waals surface area contributed by atoms with Crippen molar-refractivity contribution in [2.24, 2.45) is 5.73 Å². The summed E-state index contributed by atoms with van der Waals surface area (Å²) in [5, 5.41) is 1.18. The van der Waals surface area contributed by atoms with Crippen molar-refractivity contribution in [1.29, 1.82) is 0 Å². The summed E-state index contributed by atoms with van der Waals surface area (Å²) in [5.41, 5.74) is 7.25. The molecule has 1 atom stereocenters. The highest BCUT2D eigenvalue weighted by Crippen LogP contribution is 2.47. The molecule has 0 amide bonds. The van der Waals surface area contributed by atoms with Gasteiger partial charge in [-0.15, -0.1) is 11.3 Å². The Morgan fingerprint density at radius 3 is 2.86 bits per heavy atom. The molecule has 4 rings (SSSR count). The summed E-state index contributed by atoms with van der Waals surface area (Å²) in [5.74, 6) is 1.38. The van der Waals surface area contributed by atoms with Crippen molar-refractivity contribution in [3.8, 4) is 5.88 Å². The van der Waals surface area contributed by atoms with Crippen LogP contribution in [0.2, 0.25) is 0 Å². The topological polar surface area (TPSA) is 61.0 Å². The van der Waals surface area contributed by atoms with Crippen LogP contribution in [0.5, 0.6) is 5.88 Å². The minimum Gasteiger partial charge on any atom is -0.474 e. The molecule has 0 spiro atoms. The first-order valence-electron chi connectivity index (χ1n) is 8.50. The fourth-order valence-corrected chi connectivity index (χ4v) is 5.19. The Morgan fingerprint density at radius 2 is 2.05 bits per heavy atom. The smallest absolute Gasteiger partial charge is 0.225 e. The van der Waals surface area contributed by atoms with Crippen LogP contribution in [-0.4, -0.2) is 22.6 Å². The van der Waals surface area contributed by atoms with Crippen LogP contribution in [0.15, 0.2) is 6.33 Å². The zero-order valence-corrected chi connectivity index (χ0v) is 13.7.